The first-order valence-electron chi connectivity index (χ1n) is 9.45. The van der Waals surface area contributed by atoms with E-state index in [1.165, 1.54) is 5.56 Å². The van der Waals surface area contributed by atoms with Gasteiger partial charge in [0, 0.05) is 37.8 Å². The van der Waals surface area contributed by atoms with Crippen LogP contribution in [0.4, 0.5) is 16.2 Å². The van der Waals surface area contributed by atoms with Crippen molar-refractivity contribution in [2.75, 3.05) is 43.5 Å². The van der Waals surface area contributed by atoms with Crippen molar-refractivity contribution in [3.63, 3.8) is 0 Å². The predicted octanol–water partition coefficient (Wildman–Crippen LogP) is 3.91. The summed E-state index contributed by atoms with van der Waals surface area (Å²) in [5.41, 5.74) is 3.83. The minimum Gasteiger partial charge on any atom is -0.495 e. The van der Waals surface area contributed by atoms with Crippen LogP contribution >= 0.6 is 0 Å². The quantitative estimate of drug-likeness (QED) is 0.753. The molecule has 0 bridgehead atoms. The molecule has 6 heteroatoms. The number of piperazine rings is 1. The second-order valence-corrected chi connectivity index (χ2v) is 6.96. The Morgan fingerprint density at radius 2 is 1.86 bits per heavy atom. The van der Waals surface area contributed by atoms with E-state index in [9.17, 15) is 4.79 Å². The number of nitrogens with zero attached hydrogens (tertiary/aromatic N) is 3. The van der Waals surface area contributed by atoms with Crippen molar-refractivity contribution < 1.29 is 9.53 Å². The van der Waals surface area contributed by atoms with Crippen LogP contribution in [0.5, 0.6) is 5.75 Å². The minimum absolute atomic E-state index is 0.0889. The molecule has 6 nitrogen and oxygen atoms in total. The van der Waals surface area contributed by atoms with Gasteiger partial charge in [0.05, 0.1) is 24.0 Å². The highest BCUT2D eigenvalue weighted by Crippen LogP contribution is 2.30. The second kappa shape index (κ2) is 7.76. The Hall–Kier alpha value is -3.28. The van der Waals surface area contributed by atoms with Crippen LogP contribution in [0, 0.1) is 6.92 Å². The van der Waals surface area contributed by atoms with E-state index in [1.54, 1.807) is 13.3 Å². The molecule has 3 aromatic rings. The molecular formula is C22H24N4O2. The maximum Gasteiger partial charge on any atom is 0.322 e. The number of nitrogens with one attached hydrogen (secondary N) is 1. The summed E-state index contributed by atoms with van der Waals surface area (Å²) < 4.78 is 5.51. The van der Waals surface area contributed by atoms with Crippen LogP contribution < -0.4 is 15.0 Å². The molecule has 2 heterocycles. The second-order valence-electron chi connectivity index (χ2n) is 6.96. The van der Waals surface area contributed by atoms with Gasteiger partial charge in [-0.15, -0.1) is 0 Å². The van der Waals surface area contributed by atoms with Crippen molar-refractivity contribution >= 4 is 28.3 Å². The van der Waals surface area contributed by atoms with Crippen LogP contribution in [-0.2, 0) is 0 Å². The van der Waals surface area contributed by atoms with E-state index in [-0.39, 0.29) is 6.03 Å². The molecule has 0 spiro atoms. The molecule has 1 fully saturated rings. The monoisotopic (exact) mass is 376 g/mol. The van der Waals surface area contributed by atoms with Gasteiger partial charge in [-0.25, -0.2) is 4.79 Å². The first kappa shape index (κ1) is 18.1. The van der Waals surface area contributed by atoms with Gasteiger partial charge in [-0.3, -0.25) is 4.98 Å². The number of benzene rings is 2. The largest absolute Gasteiger partial charge is 0.495 e. The Labute approximate surface area is 164 Å². The highest BCUT2D eigenvalue weighted by molar-refractivity contribution is 5.99. The molecule has 2 aromatic carbocycles. The number of amides is 2. The molecule has 28 heavy (non-hydrogen) atoms. The van der Waals surface area contributed by atoms with Crippen LogP contribution in [0.25, 0.3) is 10.9 Å². The first-order chi connectivity index (χ1) is 13.7. The number of carbonyl (C=O) groups is 1. The Kier molecular flexibility index (Phi) is 5.02. The van der Waals surface area contributed by atoms with E-state index < -0.39 is 0 Å². The molecule has 4 rings (SSSR count). The number of fused-ring (bicyclic) bond motifs is 1. The van der Waals surface area contributed by atoms with Crippen molar-refractivity contribution in [1.29, 1.82) is 0 Å². The maximum absolute atomic E-state index is 12.8. The number of rotatable bonds is 3. The number of hydrogen-bond acceptors (Lipinski definition) is 4. The number of para-hydroxylation sites is 1. The molecule has 1 aliphatic rings. The molecule has 0 unspecified atom stereocenters. The van der Waals surface area contributed by atoms with Crippen molar-refractivity contribution in [2.45, 2.75) is 6.92 Å². The summed E-state index contributed by atoms with van der Waals surface area (Å²) in [6.45, 7) is 4.91. The number of pyridine rings is 1. The minimum atomic E-state index is -0.0889. The van der Waals surface area contributed by atoms with Crippen LogP contribution in [0.1, 0.15) is 5.56 Å². The molecule has 0 atom stereocenters. The van der Waals surface area contributed by atoms with E-state index in [4.69, 9.17) is 4.74 Å². The van der Waals surface area contributed by atoms with E-state index in [0.717, 1.165) is 41.1 Å². The summed E-state index contributed by atoms with van der Waals surface area (Å²) in [4.78, 5) is 21.3. The number of urea groups is 1. The molecule has 1 aliphatic heterocycles. The fourth-order valence-electron chi connectivity index (χ4n) is 3.60. The third-order valence-corrected chi connectivity index (χ3v) is 5.12. The Morgan fingerprint density at radius 3 is 2.64 bits per heavy atom. The molecule has 144 valence electrons. The van der Waals surface area contributed by atoms with Gasteiger partial charge in [0.1, 0.15) is 5.75 Å². The van der Waals surface area contributed by atoms with Gasteiger partial charge in [0.2, 0.25) is 0 Å². The third kappa shape index (κ3) is 3.58. The summed E-state index contributed by atoms with van der Waals surface area (Å²) in [6, 6.07) is 15.8. The van der Waals surface area contributed by atoms with Crippen LogP contribution in [0.3, 0.4) is 0 Å². The van der Waals surface area contributed by atoms with Crippen LogP contribution in [0.15, 0.2) is 54.7 Å². The Morgan fingerprint density at radius 1 is 1.07 bits per heavy atom. The smallest absolute Gasteiger partial charge is 0.322 e. The van der Waals surface area contributed by atoms with Gasteiger partial charge in [-0.2, -0.15) is 0 Å². The summed E-state index contributed by atoms with van der Waals surface area (Å²) >= 11 is 0. The zero-order chi connectivity index (χ0) is 19.5. The topological polar surface area (TPSA) is 57.7 Å². The third-order valence-electron chi connectivity index (χ3n) is 5.12. The van der Waals surface area contributed by atoms with Crippen LogP contribution in [0.2, 0.25) is 0 Å². The molecule has 1 aromatic heterocycles. The zero-order valence-electron chi connectivity index (χ0n) is 16.2. The molecule has 0 aliphatic carbocycles. The average Bonchev–Trinajstić information content (AvgIpc) is 2.74. The molecule has 1 N–H and O–H groups in total. The first-order valence-corrected chi connectivity index (χ1v) is 9.45. The SMILES string of the molecule is COc1ccc(C)cc1N1CCN(C(=O)Nc2cccc3cccnc23)CC1. The van der Waals surface area contributed by atoms with E-state index in [0.29, 0.717) is 13.1 Å². The van der Waals surface area contributed by atoms with Gasteiger partial charge in [0.25, 0.3) is 0 Å². The highest BCUT2D eigenvalue weighted by atomic mass is 16.5. The molecule has 0 radical (unpaired) electrons. The maximum atomic E-state index is 12.8. The van der Waals surface area contributed by atoms with Gasteiger partial charge in [0.15, 0.2) is 0 Å². The number of hydrogen-bond donors (Lipinski definition) is 1. The van der Waals surface area contributed by atoms with E-state index >= 15 is 0 Å². The Bertz CT molecular complexity index is 991. The number of aryl methyl sites for hydroxylation is 1. The zero-order valence-corrected chi connectivity index (χ0v) is 16.2. The summed E-state index contributed by atoms with van der Waals surface area (Å²) in [6.07, 6.45) is 1.74. The lowest BCUT2D eigenvalue weighted by molar-refractivity contribution is 0.208. The van der Waals surface area contributed by atoms with Crippen molar-refractivity contribution in [1.82, 2.24) is 9.88 Å². The number of aromatic nitrogens is 1. The van der Waals surface area contributed by atoms with Gasteiger partial charge < -0.3 is 19.9 Å². The summed E-state index contributed by atoms with van der Waals surface area (Å²) in [7, 11) is 1.69. The lowest BCUT2D eigenvalue weighted by Crippen LogP contribution is -2.50. The predicted molar refractivity (Wildman–Crippen MR) is 112 cm³/mol. The lowest BCUT2D eigenvalue weighted by Gasteiger charge is -2.36. The Balaban J connectivity index is 1.44. The number of carbonyl (C=O) groups excluding carboxylic acids is 1. The highest BCUT2D eigenvalue weighted by Gasteiger charge is 2.23. The number of ether oxygens (including phenoxy) is 1. The summed E-state index contributed by atoms with van der Waals surface area (Å²) in [5, 5.41) is 4.03. The van der Waals surface area contributed by atoms with E-state index in [2.05, 4.69) is 28.2 Å². The molecule has 2 amide bonds. The normalized spacial score (nSPS) is 14.2. The van der Waals surface area contributed by atoms with Crippen molar-refractivity contribution in [3.05, 3.63) is 60.3 Å². The molecule has 0 saturated carbocycles. The molecular weight excluding hydrogens is 352 g/mol. The van der Waals surface area contributed by atoms with Crippen molar-refractivity contribution in [3.8, 4) is 5.75 Å². The fourth-order valence-corrected chi connectivity index (χ4v) is 3.60. The number of methoxy groups -OCH3 is 1. The van der Waals surface area contributed by atoms with Gasteiger partial charge in [-0.1, -0.05) is 24.3 Å². The van der Waals surface area contributed by atoms with Gasteiger partial charge >= 0.3 is 6.03 Å². The lowest BCUT2D eigenvalue weighted by atomic mass is 10.1. The van der Waals surface area contributed by atoms with E-state index in [1.807, 2.05) is 47.4 Å². The standard InChI is InChI=1S/C22H24N4O2/c1-16-8-9-20(28-2)19(15-16)25-11-13-26(14-12-25)22(27)24-18-7-3-5-17-6-4-10-23-21(17)18/h3-10,15H,11-14H2,1-2H3,(H,24,27). The van der Waals surface area contributed by atoms with Crippen molar-refractivity contribution in [2.24, 2.45) is 0 Å². The van der Waals surface area contributed by atoms with Gasteiger partial charge in [-0.05, 0) is 36.8 Å². The summed E-state index contributed by atoms with van der Waals surface area (Å²) in [5.74, 6) is 0.866. The molecule has 1 saturated heterocycles. The number of anilines is 2. The average molecular weight is 376 g/mol. The fraction of sp³-hybridized carbons (Fsp3) is 0.273. The van der Waals surface area contributed by atoms with Crippen LogP contribution in [-0.4, -0.2) is 49.2 Å².